The van der Waals surface area contributed by atoms with Crippen LogP contribution in [0.5, 0.6) is 0 Å². The summed E-state index contributed by atoms with van der Waals surface area (Å²) in [6.07, 6.45) is 1.79. The summed E-state index contributed by atoms with van der Waals surface area (Å²) < 4.78 is 13.1. The Labute approximate surface area is 163 Å². The summed E-state index contributed by atoms with van der Waals surface area (Å²) in [6, 6.07) is 19.5. The van der Waals surface area contributed by atoms with E-state index in [4.69, 9.17) is 0 Å². The zero-order valence-corrected chi connectivity index (χ0v) is 15.4. The second-order valence-electron chi connectivity index (χ2n) is 6.67. The molecule has 1 aliphatic heterocycles. The van der Waals surface area contributed by atoms with Crippen molar-refractivity contribution in [2.24, 2.45) is 0 Å². The second-order valence-corrected chi connectivity index (χ2v) is 6.67. The highest BCUT2D eigenvalue weighted by molar-refractivity contribution is 6.03. The molecule has 6 heteroatoms. The molecule has 1 amide bonds. The molecule has 3 aromatic rings. The number of nitrogens with zero attached hydrogens (tertiary/aromatic N) is 3. The van der Waals surface area contributed by atoms with Gasteiger partial charge < -0.3 is 15.1 Å². The van der Waals surface area contributed by atoms with Crippen molar-refractivity contribution in [2.75, 3.05) is 41.3 Å². The van der Waals surface area contributed by atoms with Crippen LogP contribution in [-0.4, -0.2) is 37.1 Å². The largest absolute Gasteiger partial charge is 0.368 e. The van der Waals surface area contributed by atoms with Crippen molar-refractivity contribution in [3.05, 3.63) is 84.3 Å². The van der Waals surface area contributed by atoms with Crippen molar-refractivity contribution in [3.8, 4) is 0 Å². The molecular weight excluding hydrogens is 355 g/mol. The van der Waals surface area contributed by atoms with Gasteiger partial charge in [0.15, 0.2) is 0 Å². The number of hydrogen-bond donors (Lipinski definition) is 1. The van der Waals surface area contributed by atoms with Crippen molar-refractivity contribution in [2.45, 2.75) is 0 Å². The normalized spacial score (nSPS) is 14.0. The monoisotopic (exact) mass is 376 g/mol. The minimum Gasteiger partial charge on any atom is -0.368 e. The number of benzene rings is 2. The summed E-state index contributed by atoms with van der Waals surface area (Å²) in [4.78, 5) is 21.1. The molecule has 2 aromatic carbocycles. The predicted octanol–water partition coefficient (Wildman–Crippen LogP) is 3.80. The number of aromatic nitrogens is 1. The molecule has 0 bridgehead atoms. The summed E-state index contributed by atoms with van der Waals surface area (Å²) in [6.45, 7) is 3.43. The van der Waals surface area contributed by atoms with Crippen LogP contribution in [0.3, 0.4) is 0 Å². The van der Waals surface area contributed by atoms with Crippen LogP contribution in [0.25, 0.3) is 0 Å². The van der Waals surface area contributed by atoms with Gasteiger partial charge in [-0.3, -0.25) is 4.79 Å². The number of nitrogens with one attached hydrogen (secondary N) is 1. The van der Waals surface area contributed by atoms with Crippen LogP contribution in [0.15, 0.2) is 72.9 Å². The Bertz CT molecular complexity index is 921. The lowest BCUT2D eigenvalue weighted by molar-refractivity contribution is 0.102. The van der Waals surface area contributed by atoms with E-state index >= 15 is 0 Å². The van der Waals surface area contributed by atoms with E-state index in [-0.39, 0.29) is 11.7 Å². The van der Waals surface area contributed by atoms with Crippen molar-refractivity contribution in [1.29, 1.82) is 0 Å². The number of hydrogen-bond acceptors (Lipinski definition) is 4. The van der Waals surface area contributed by atoms with Gasteiger partial charge >= 0.3 is 0 Å². The van der Waals surface area contributed by atoms with E-state index in [9.17, 15) is 9.18 Å². The molecule has 1 N–H and O–H groups in total. The van der Waals surface area contributed by atoms with Crippen LogP contribution in [0.4, 0.5) is 21.6 Å². The molecule has 0 radical (unpaired) electrons. The Morgan fingerprint density at radius 2 is 1.43 bits per heavy atom. The molecule has 142 valence electrons. The maximum absolute atomic E-state index is 13.1. The molecular formula is C22H21FN4O. The van der Waals surface area contributed by atoms with Crippen LogP contribution < -0.4 is 15.1 Å². The first-order valence-corrected chi connectivity index (χ1v) is 9.27. The maximum atomic E-state index is 13.1. The van der Waals surface area contributed by atoms with Gasteiger partial charge in [-0.05, 0) is 48.5 Å². The quantitative estimate of drug-likeness (QED) is 0.753. The average Bonchev–Trinajstić information content (AvgIpc) is 2.76. The van der Waals surface area contributed by atoms with E-state index < -0.39 is 0 Å². The number of rotatable bonds is 4. The number of pyridine rings is 1. The molecule has 0 saturated carbocycles. The first kappa shape index (κ1) is 18.0. The van der Waals surface area contributed by atoms with Crippen LogP contribution in [0, 0.1) is 5.82 Å². The number of carbonyl (C=O) groups is 1. The fourth-order valence-electron chi connectivity index (χ4n) is 3.30. The number of amides is 1. The van der Waals surface area contributed by atoms with Crippen molar-refractivity contribution < 1.29 is 9.18 Å². The predicted molar refractivity (Wildman–Crippen MR) is 109 cm³/mol. The minimum atomic E-state index is -0.215. The van der Waals surface area contributed by atoms with Gasteiger partial charge in [-0.2, -0.15) is 0 Å². The van der Waals surface area contributed by atoms with E-state index in [1.807, 2.05) is 42.5 Å². The Kier molecular flexibility index (Phi) is 5.19. The van der Waals surface area contributed by atoms with Crippen molar-refractivity contribution >= 4 is 23.1 Å². The molecule has 0 aliphatic carbocycles. The summed E-state index contributed by atoms with van der Waals surface area (Å²) in [7, 11) is 0. The first-order valence-electron chi connectivity index (χ1n) is 9.27. The Morgan fingerprint density at radius 1 is 0.821 bits per heavy atom. The highest BCUT2D eigenvalue weighted by Crippen LogP contribution is 2.21. The lowest BCUT2D eigenvalue weighted by atomic mass is 10.2. The second kappa shape index (κ2) is 8.08. The lowest BCUT2D eigenvalue weighted by Gasteiger charge is -2.37. The third-order valence-electron chi connectivity index (χ3n) is 4.86. The number of anilines is 3. The Balaban J connectivity index is 1.34. The average molecular weight is 376 g/mol. The van der Waals surface area contributed by atoms with Gasteiger partial charge in [0.25, 0.3) is 5.91 Å². The summed E-state index contributed by atoms with van der Waals surface area (Å²) in [5, 5.41) is 2.81. The minimum absolute atomic E-state index is 0.172. The van der Waals surface area contributed by atoms with E-state index in [0.29, 0.717) is 11.4 Å². The van der Waals surface area contributed by atoms with E-state index in [2.05, 4.69) is 20.1 Å². The van der Waals surface area contributed by atoms with Crippen molar-refractivity contribution in [1.82, 2.24) is 4.98 Å². The van der Waals surface area contributed by atoms with Crippen molar-refractivity contribution in [3.63, 3.8) is 0 Å². The van der Waals surface area contributed by atoms with Gasteiger partial charge in [-0.25, -0.2) is 9.37 Å². The van der Waals surface area contributed by atoms with Gasteiger partial charge in [0.1, 0.15) is 11.6 Å². The van der Waals surface area contributed by atoms with Crippen LogP contribution >= 0.6 is 0 Å². The molecule has 5 nitrogen and oxygen atoms in total. The highest BCUT2D eigenvalue weighted by atomic mass is 19.1. The molecule has 1 aliphatic rings. The molecule has 0 spiro atoms. The van der Waals surface area contributed by atoms with E-state index in [0.717, 1.165) is 37.6 Å². The maximum Gasteiger partial charge on any atom is 0.256 e. The fraction of sp³-hybridized carbons (Fsp3) is 0.182. The van der Waals surface area contributed by atoms with Crippen LogP contribution in [0.1, 0.15) is 10.4 Å². The third kappa shape index (κ3) is 4.11. The third-order valence-corrected chi connectivity index (χ3v) is 4.86. The zero-order valence-electron chi connectivity index (χ0n) is 15.4. The molecule has 0 unspecified atom stereocenters. The van der Waals surface area contributed by atoms with E-state index in [1.54, 1.807) is 18.3 Å². The SMILES string of the molecule is O=C(Nc1ccc(N2CCN(c3ccc(F)cc3)CC2)cn1)c1ccccc1. The molecule has 28 heavy (non-hydrogen) atoms. The lowest BCUT2D eigenvalue weighted by Crippen LogP contribution is -2.46. The topological polar surface area (TPSA) is 48.5 Å². The fourth-order valence-corrected chi connectivity index (χ4v) is 3.30. The molecule has 0 atom stereocenters. The summed E-state index contributed by atoms with van der Waals surface area (Å²) in [5.74, 6) is 0.143. The molecule has 4 rings (SSSR count). The number of piperazine rings is 1. The van der Waals surface area contributed by atoms with Crippen LogP contribution in [0.2, 0.25) is 0 Å². The highest BCUT2D eigenvalue weighted by Gasteiger charge is 2.18. The molecule has 1 aromatic heterocycles. The van der Waals surface area contributed by atoms with Crippen LogP contribution in [-0.2, 0) is 0 Å². The standard InChI is InChI=1S/C22H21FN4O/c23-18-6-8-19(9-7-18)26-12-14-27(15-13-26)20-10-11-21(24-16-20)25-22(28)17-4-2-1-3-5-17/h1-11,16H,12-15H2,(H,24,25,28). The molecule has 1 saturated heterocycles. The molecule has 1 fully saturated rings. The molecule has 2 heterocycles. The van der Waals surface area contributed by atoms with E-state index in [1.165, 1.54) is 12.1 Å². The smallest absolute Gasteiger partial charge is 0.256 e. The van der Waals surface area contributed by atoms with Gasteiger partial charge in [0.05, 0.1) is 11.9 Å². The van der Waals surface area contributed by atoms with Gasteiger partial charge in [-0.15, -0.1) is 0 Å². The number of carbonyl (C=O) groups excluding carboxylic acids is 1. The summed E-state index contributed by atoms with van der Waals surface area (Å²) >= 11 is 0. The summed E-state index contributed by atoms with van der Waals surface area (Å²) in [5.41, 5.74) is 2.67. The first-order chi connectivity index (χ1) is 13.7. The van der Waals surface area contributed by atoms with Gasteiger partial charge in [-0.1, -0.05) is 18.2 Å². The van der Waals surface area contributed by atoms with Gasteiger partial charge in [0, 0.05) is 37.4 Å². The Morgan fingerprint density at radius 3 is 2.04 bits per heavy atom. The van der Waals surface area contributed by atoms with Gasteiger partial charge in [0.2, 0.25) is 0 Å². The zero-order chi connectivity index (χ0) is 19.3. The number of halogens is 1. The Hall–Kier alpha value is -3.41.